The maximum atomic E-state index is 12.5. The first kappa shape index (κ1) is 17.3. The number of amides is 3. The summed E-state index contributed by atoms with van der Waals surface area (Å²) in [5, 5.41) is 7.09. The van der Waals surface area contributed by atoms with E-state index in [9.17, 15) is 9.59 Å². The van der Waals surface area contributed by atoms with Gasteiger partial charge in [0.2, 0.25) is 5.91 Å². The van der Waals surface area contributed by atoms with E-state index in [1.165, 1.54) is 0 Å². The number of likely N-dealkylation sites (tertiary alicyclic amines) is 1. The standard InChI is InChI=1S/C16H27N5O2/c1-11(2)19(4)15(22)13-7-6-8-21(10-13)16(23)17-14-9-12(3)18-20(14)5/h9,11,13H,6-8,10H2,1-5H3,(H,17,23)/t13-/m0/s1. The fraction of sp³-hybridized carbons (Fsp3) is 0.688. The molecule has 1 fully saturated rings. The number of rotatable bonds is 3. The number of piperidine rings is 1. The lowest BCUT2D eigenvalue weighted by atomic mass is 9.96. The first-order valence-corrected chi connectivity index (χ1v) is 8.12. The monoisotopic (exact) mass is 321 g/mol. The molecule has 1 aliphatic heterocycles. The Balaban J connectivity index is 1.99. The Morgan fingerprint density at radius 1 is 1.43 bits per heavy atom. The highest BCUT2D eigenvalue weighted by atomic mass is 16.2. The predicted molar refractivity (Wildman–Crippen MR) is 89.2 cm³/mol. The van der Waals surface area contributed by atoms with Gasteiger partial charge in [-0.05, 0) is 33.6 Å². The van der Waals surface area contributed by atoms with Gasteiger partial charge in [-0.15, -0.1) is 0 Å². The summed E-state index contributed by atoms with van der Waals surface area (Å²) in [6, 6.07) is 1.83. The van der Waals surface area contributed by atoms with Crippen LogP contribution in [-0.4, -0.2) is 57.7 Å². The minimum absolute atomic E-state index is 0.116. The smallest absolute Gasteiger partial charge is 0.323 e. The molecule has 1 saturated heterocycles. The van der Waals surface area contributed by atoms with Crippen molar-refractivity contribution in [2.24, 2.45) is 13.0 Å². The molecule has 0 unspecified atom stereocenters. The molecule has 3 amide bonds. The fourth-order valence-corrected chi connectivity index (χ4v) is 2.82. The van der Waals surface area contributed by atoms with E-state index < -0.39 is 0 Å². The SMILES string of the molecule is Cc1cc(NC(=O)N2CCC[C@H](C(=O)N(C)C(C)C)C2)n(C)n1. The lowest BCUT2D eigenvalue weighted by Crippen LogP contribution is -2.48. The van der Waals surface area contributed by atoms with Crippen LogP contribution in [0.5, 0.6) is 0 Å². The van der Waals surface area contributed by atoms with Gasteiger partial charge in [0, 0.05) is 39.3 Å². The molecule has 1 aromatic rings. The minimum Gasteiger partial charge on any atom is -0.343 e. The Labute approximate surface area is 137 Å². The molecule has 128 valence electrons. The van der Waals surface area contributed by atoms with Gasteiger partial charge in [-0.25, -0.2) is 4.79 Å². The summed E-state index contributed by atoms with van der Waals surface area (Å²) in [5.41, 5.74) is 0.855. The molecule has 0 aliphatic carbocycles. The number of hydrogen-bond acceptors (Lipinski definition) is 3. The molecule has 23 heavy (non-hydrogen) atoms. The van der Waals surface area contributed by atoms with Gasteiger partial charge in [-0.3, -0.25) is 14.8 Å². The number of aromatic nitrogens is 2. The minimum atomic E-state index is -0.169. The quantitative estimate of drug-likeness (QED) is 0.923. The van der Waals surface area contributed by atoms with Gasteiger partial charge in [0.25, 0.3) is 0 Å². The number of nitrogens with one attached hydrogen (secondary N) is 1. The zero-order valence-corrected chi connectivity index (χ0v) is 14.7. The molecule has 0 aromatic carbocycles. The molecule has 1 aromatic heterocycles. The molecule has 0 spiro atoms. The zero-order valence-electron chi connectivity index (χ0n) is 14.7. The van der Waals surface area contributed by atoms with Gasteiger partial charge >= 0.3 is 6.03 Å². The van der Waals surface area contributed by atoms with Crippen LogP contribution in [0.25, 0.3) is 0 Å². The van der Waals surface area contributed by atoms with Crippen molar-refractivity contribution in [3.63, 3.8) is 0 Å². The van der Waals surface area contributed by atoms with Crippen LogP contribution in [0.2, 0.25) is 0 Å². The van der Waals surface area contributed by atoms with Crippen molar-refractivity contribution in [2.75, 3.05) is 25.5 Å². The van der Waals surface area contributed by atoms with Gasteiger partial charge in [0.05, 0.1) is 11.6 Å². The summed E-state index contributed by atoms with van der Waals surface area (Å²) in [4.78, 5) is 28.4. The molecule has 7 nitrogen and oxygen atoms in total. The lowest BCUT2D eigenvalue weighted by molar-refractivity contribution is -0.137. The van der Waals surface area contributed by atoms with Crippen LogP contribution in [0.15, 0.2) is 6.07 Å². The van der Waals surface area contributed by atoms with Gasteiger partial charge in [0.15, 0.2) is 0 Å². The van der Waals surface area contributed by atoms with Crippen LogP contribution < -0.4 is 5.32 Å². The van der Waals surface area contributed by atoms with Gasteiger partial charge in [-0.2, -0.15) is 5.10 Å². The number of carbonyl (C=O) groups is 2. The van der Waals surface area contributed by atoms with E-state index in [-0.39, 0.29) is 23.9 Å². The van der Waals surface area contributed by atoms with Crippen LogP contribution in [0.4, 0.5) is 10.6 Å². The normalized spacial score (nSPS) is 18.2. The van der Waals surface area contributed by atoms with Gasteiger partial charge in [0.1, 0.15) is 5.82 Å². The van der Waals surface area contributed by atoms with Crippen LogP contribution >= 0.6 is 0 Å². The largest absolute Gasteiger partial charge is 0.343 e. The Bertz CT molecular complexity index is 581. The zero-order chi connectivity index (χ0) is 17.1. The Morgan fingerprint density at radius 2 is 2.13 bits per heavy atom. The van der Waals surface area contributed by atoms with Crippen molar-refractivity contribution in [3.8, 4) is 0 Å². The summed E-state index contributed by atoms with van der Waals surface area (Å²) in [5.74, 6) is 0.671. The molecule has 1 N–H and O–H groups in total. The average Bonchev–Trinajstić information content (AvgIpc) is 2.83. The molecule has 2 heterocycles. The summed E-state index contributed by atoms with van der Waals surface area (Å²) >= 11 is 0. The van der Waals surface area contributed by atoms with E-state index >= 15 is 0 Å². The Morgan fingerprint density at radius 3 is 2.70 bits per heavy atom. The average molecular weight is 321 g/mol. The molecule has 0 radical (unpaired) electrons. The second kappa shape index (κ2) is 7.02. The van der Waals surface area contributed by atoms with Crippen molar-refractivity contribution in [1.29, 1.82) is 0 Å². The fourth-order valence-electron chi connectivity index (χ4n) is 2.82. The van der Waals surface area contributed by atoms with Gasteiger partial charge in [-0.1, -0.05) is 0 Å². The summed E-state index contributed by atoms with van der Waals surface area (Å²) in [7, 11) is 3.62. The highest BCUT2D eigenvalue weighted by Gasteiger charge is 2.31. The third kappa shape index (κ3) is 4.03. The highest BCUT2D eigenvalue weighted by Crippen LogP contribution is 2.20. The van der Waals surface area contributed by atoms with Crippen LogP contribution in [0.1, 0.15) is 32.4 Å². The summed E-state index contributed by atoms with van der Waals surface area (Å²) < 4.78 is 1.65. The Hall–Kier alpha value is -2.05. The summed E-state index contributed by atoms with van der Waals surface area (Å²) in [6.45, 7) is 7.02. The lowest BCUT2D eigenvalue weighted by Gasteiger charge is -2.35. The Kier molecular flexibility index (Phi) is 5.28. The van der Waals surface area contributed by atoms with Crippen molar-refractivity contribution in [1.82, 2.24) is 19.6 Å². The number of aryl methyl sites for hydroxylation is 2. The van der Waals surface area contributed by atoms with Crippen molar-refractivity contribution in [3.05, 3.63) is 11.8 Å². The van der Waals surface area contributed by atoms with Crippen LogP contribution in [-0.2, 0) is 11.8 Å². The van der Waals surface area contributed by atoms with E-state index in [4.69, 9.17) is 0 Å². The topological polar surface area (TPSA) is 70.5 Å². The van der Waals surface area contributed by atoms with Crippen molar-refractivity contribution in [2.45, 2.75) is 39.7 Å². The van der Waals surface area contributed by atoms with E-state index in [2.05, 4.69) is 10.4 Å². The van der Waals surface area contributed by atoms with E-state index in [0.29, 0.717) is 18.9 Å². The summed E-state index contributed by atoms with van der Waals surface area (Å²) in [6.07, 6.45) is 1.69. The first-order chi connectivity index (χ1) is 10.8. The maximum Gasteiger partial charge on any atom is 0.323 e. The highest BCUT2D eigenvalue weighted by molar-refractivity contribution is 5.89. The number of nitrogens with zero attached hydrogens (tertiary/aromatic N) is 4. The molecule has 0 saturated carbocycles. The predicted octanol–water partition coefficient (Wildman–Crippen LogP) is 1.84. The first-order valence-electron chi connectivity index (χ1n) is 8.12. The molecule has 7 heteroatoms. The molecular weight excluding hydrogens is 294 g/mol. The third-order valence-electron chi connectivity index (χ3n) is 4.42. The molecule has 0 bridgehead atoms. The van der Waals surface area contributed by atoms with E-state index in [0.717, 1.165) is 18.5 Å². The number of carbonyl (C=O) groups excluding carboxylic acids is 2. The van der Waals surface area contributed by atoms with E-state index in [1.807, 2.05) is 33.9 Å². The van der Waals surface area contributed by atoms with Crippen molar-refractivity contribution >= 4 is 17.8 Å². The third-order valence-corrected chi connectivity index (χ3v) is 4.42. The van der Waals surface area contributed by atoms with E-state index in [1.54, 1.807) is 21.5 Å². The molecule has 1 aliphatic rings. The second-order valence-corrected chi connectivity index (χ2v) is 6.55. The molecule has 2 rings (SSSR count). The maximum absolute atomic E-state index is 12.5. The van der Waals surface area contributed by atoms with Crippen LogP contribution in [0.3, 0.4) is 0 Å². The van der Waals surface area contributed by atoms with Crippen LogP contribution in [0, 0.1) is 12.8 Å². The van der Waals surface area contributed by atoms with Gasteiger partial charge < -0.3 is 9.80 Å². The molecule has 1 atom stereocenters. The molecular formula is C16H27N5O2. The van der Waals surface area contributed by atoms with Crippen molar-refractivity contribution < 1.29 is 9.59 Å². The number of urea groups is 1. The number of hydrogen-bond donors (Lipinski definition) is 1. The number of anilines is 1. The second-order valence-electron chi connectivity index (χ2n) is 6.55.